The zero-order valence-corrected chi connectivity index (χ0v) is 4.76. The van der Waals surface area contributed by atoms with Crippen LogP contribution < -0.4 is 0 Å². The van der Waals surface area contributed by atoms with E-state index in [2.05, 4.69) is 4.74 Å². The lowest BCUT2D eigenvalue weighted by atomic mass is 11.4. The average Bonchev–Trinajstić information content (AvgIpc) is 1.59. The summed E-state index contributed by atoms with van der Waals surface area (Å²) < 4.78 is 31.2. The van der Waals surface area contributed by atoms with Gasteiger partial charge in [0.25, 0.3) is 10.1 Å². The summed E-state index contributed by atoms with van der Waals surface area (Å²) in [5.74, 6) is -0.858. The zero-order valence-electron chi connectivity index (χ0n) is 3.94. The predicted octanol–water partition coefficient (Wildman–Crippen LogP) is -1.20. The van der Waals surface area contributed by atoms with E-state index in [1.807, 2.05) is 0 Å². The minimum Gasteiger partial charge on any atom is -0.371 e. The van der Waals surface area contributed by atoms with Crippen LogP contribution in [0.1, 0.15) is 0 Å². The van der Waals surface area contributed by atoms with Crippen molar-refractivity contribution in [1.29, 1.82) is 0 Å². The van der Waals surface area contributed by atoms with Crippen molar-refractivity contribution in [3.05, 3.63) is 0 Å². The Morgan fingerprint density at radius 2 is 2.00 bits per heavy atom. The molecule has 0 saturated heterocycles. The Morgan fingerprint density at radius 1 is 1.50 bits per heavy atom. The van der Waals surface area contributed by atoms with E-state index in [1.54, 1.807) is 0 Å². The van der Waals surface area contributed by atoms with Crippen LogP contribution in [0.4, 0.5) is 0 Å². The summed E-state index contributed by atoms with van der Waals surface area (Å²) in [4.78, 5) is 0. The van der Waals surface area contributed by atoms with Crippen molar-refractivity contribution < 1.29 is 22.8 Å². The lowest BCUT2D eigenvalue weighted by Crippen LogP contribution is -2.07. The number of hydrogen-bond acceptors (Lipinski definition) is 4. The molecule has 0 bridgehead atoms. The van der Waals surface area contributed by atoms with E-state index in [-0.39, 0.29) is 0 Å². The molecule has 0 amide bonds. The topological polar surface area (TPSA) is 83.8 Å². The third-order valence-electron chi connectivity index (χ3n) is 0.324. The minimum atomic E-state index is -4.07. The first-order chi connectivity index (χ1) is 3.56. The van der Waals surface area contributed by atoms with Crippen LogP contribution in [-0.2, 0) is 14.9 Å². The molecule has 2 N–H and O–H groups in total. The lowest BCUT2D eigenvalue weighted by molar-refractivity contribution is 0.0194. The van der Waals surface area contributed by atoms with Crippen LogP contribution in [0.15, 0.2) is 0 Å². The van der Waals surface area contributed by atoms with Gasteiger partial charge in [-0.2, -0.15) is 8.42 Å². The van der Waals surface area contributed by atoms with Crippen molar-refractivity contribution in [2.24, 2.45) is 0 Å². The SMILES string of the molecule is O=S(=O)(O)COCO. The summed E-state index contributed by atoms with van der Waals surface area (Å²) in [7, 11) is -4.07. The molecule has 50 valence electrons. The Morgan fingerprint density at radius 3 is 2.12 bits per heavy atom. The summed E-state index contributed by atoms with van der Waals surface area (Å²) in [5.41, 5.74) is 0. The molecule has 0 fully saturated rings. The van der Waals surface area contributed by atoms with Crippen molar-refractivity contribution >= 4 is 10.1 Å². The second kappa shape index (κ2) is 2.98. The highest BCUT2D eigenvalue weighted by atomic mass is 32.2. The monoisotopic (exact) mass is 142 g/mol. The normalized spacial score (nSPS) is 11.8. The average molecular weight is 142 g/mol. The lowest BCUT2D eigenvalue weighted by Gasteiger charge is -1.92. The van der Waals surface area contributed by atoms with Gasteiger partial charge in [0, 0.05) is 0 Å². The van der Waals surface area contributed by atoms with Crippen LogP contribution in [-0.4, -0.2) is 30.8 Å². The van der Waals surface area contributed by atoms with Gasteiger partial charge in [-0.1, -0.05) is 0 Å². The minimum absolute atomic E-state index is 0.709. The van der Waals surface area contributed by atoms with E-state index in [0.717, 1.165) is 0 Å². The molecule has 0 aliphatic heterocycles. The predicted molar refractivity (Wildman–Crippen MR) is 24.6 cm³/mol. The van der Waals surface area contributed by atoms with E-state index in [9.17, 15) is 8.42 Å². The van der Waals surface area contributed by atoms with Gasteiger partial charge in [0.05, 0.1) is 0 Å². The first kappa shape index (κ1) is 7.83. The van der Waals surface area contributed by atoms with E-state index in [4.69, 9.17) is 9.66 Å². The van der Waals surface area contributed by atoms with Crippen molar-refractivity contribution in [3.63, 3.8) is 0 Å². The fraction of sp³-hybridized carbons (Fsp3) is 1.00. The molecule has 0 radical (unpaired) electrons. The molecule has 6 heteroatoms. The molecule has 0 heterocycles. The fourth-order valence-corrected chi connectivity index (χ4v) is 0.428. The number of hydrogen-bond donors (Lipinski definition) is 2. The van der Waals surface area contributed by atoms with Crippen molar-refractivity contribution in [2.75, 3.05) is 12.7 Å². The second-order valence-electron chi connectivity index (χ2n) is 1.03. The summed E-state index contributed by atoms with van der Waals surface area (Å²) in [6.07, 6.45) is 0. The van der Waals surface area contributed by atoms with Gasteiger partial charge in [0.2, 0.25) is 0 Å². The number of ether oxygens (including phenoxy) is 1. The van der Waals surface area contributed by atoms with Gasteiger partial charge in [0.1, 0.15) is 6.79 Å². The van der Waals surface area contributed by atoms with Gasteiger partial charge in [-0.05, 0) is 0 Å². The van der Waals surface area contributed by atoms with E-state index >= 15 is 0 Å². The van der Waals surface area contributed by atoms with Crippen molar-refractivity contribution in [1.82, 2.24) is 0 Å². The quantitative estimate of drug-likeness (QED) is 0.382. The number of aliphatic hydroxyl groups is 1. The maximum atomic E-state index is 9.71. The molecule has 0 saturated carbocycles. The standard InChI is InChI=1S/C2H6O5S/c3-1-7-2-8(4,5)6/h3H,1-2H2,(H,4,5,6). The van der Waals surface area contributed by atoms with Gasteiger partial charge < -0.3 is 9.84 Å². The molecular formula is C2H6O5S. The molecular weight excluding hydrogens is 136 g/mol. The fourth-order valence-electron chi connectivity index (χ4n) is 0.143. The van der Waals surface area contributed by atoms with E-state index in [1.165, 1.54) is 0 Å². The molecule has 0 aromatic heterocycles. The molecule has 0 aliphatic carbocycles. The van der Waals surface area contributed by atoms with Crippen LogP contribution in [0.2, 0.25) is 0 Å². The van der Waals surface area contributed by atoms with Crippen LogP contribution in [0.5, 0.6) is 0 Å². The maximum Gasteiger partial charge on any atom is 0.289 e. The Kier molecular flexibility index (Phi) is 2.91. The van der Waals surface area contributed by atoms with Crippen LogP contribution in [0, 0.1) is 0 Å². The molecule has 8 heavy (non-hydrogen) atoms. The summed E-state index contributed by atoms with van der Waals surface area (Å²) in [5, 5.41) is 7.83. The van der Waals surface area contributed by atoms with Crippen molar-refractivity contribution in [3.8, 4) is 0 Å². The molecule has 0 aromatic carbocycles. The van der Waals surface area contributed by atoms with Crippen LogP contribution >= 0.6 is 0 Å². The molecule has 0 atom stereocenters. The summed E-state index contributed by atoms with van der Waals surface area (Å²) >= 11 is 0. The molecule has 0 rings (SSSR count). The maximum absolute atomic E-state index is 9.71. The van der Waals surface area contributed by atoms with E-state index < -0.39 is 22.8 Å². The molecule has 0 spiro atoms. The Balaban J connectivity index is 3.42. The van der Waals surface area contributed by atoms with Crippen LogP contribution in [0.3, 0.4) is 0 Å². The molecule has 5 nitrogen and oxygen atoms in total. The van der Waals surface area contributed by atoms with Gasteiger partial charge in [0.15, 0.2) is 5.94 Å². The largest absolute Gasteiger partial charge is 0.371 e. The first-order valence-corrected chi connectivity index (χ1v) is 3.31. The Labute approximate surface area is 46.6 Å². The van der Waals surface area contributed by atoms with Gasteiger partial charge in [-0.25, -0.2) is 0 Å². The summed E-state index contributed by atoms with van der Waals surface area (Å²) in [6, 6.07) is 0. The third kappa shape index (κ3) is 5.83. The van der Waals surface area contributed by atoms with Gasteiger partial charge in [-0.3, -0.25) is 4.55 Å². The summed E-state index contributed by atoms with van der Waals surface area (Å²) in [6.45, 7) is -0.709. The highest BCUT2D eigenvalue weighted by Crippen LogP contribution is 1.80. The first-order valence-electron chi connectivity index (χ1n) is 1.70. The Hall–Kier alpha value is -0.170. The third-order valence-corrected chi connectivity index (χ3v) is 0.788. The molecule has 0 unspecified atom stereocenters. The van der Waals surface area contributed by atoms with Crippen LogP contribution in [0.25, 0.3) is 0 Å². The molecule has 0 aliphatic rings. The van der Waals surface area contributed by atoms with Gasteiger partial charge >= 0.3 is 0 Å². The Bertz CT molecular complexity index is 135. The number of aliphatic hydroxyl groups excluding tert-OH is 1. The molecule has 0 aromatic rings. The van der Waals surface area contributed by atoms with E-state index in [0.29, 0.717) is 0 Å². The smallest absolute Gasteiger partial charge is 0.289 e. The number of rotatable bonds is 3. The second-order valence-corrected chi connectivity index (χ2v) is 2.43. The van der Waals surface area contributed by atoms with Crippen molar-refractivity contribution in [2.45, 2.75) is 0 Å². The van der Waals surface area contributed by atoms with Gasteiger partial charge in [-0.15, -0.1) is 0 Å². The zero-order chi connectivity index (χ0) is 6.62. The highest BCUT2D eigenvalue weighted by molar-refractivity contribution is 7.85. The highest BCUT2D eigenvalue weighted by Gasteiger charge is 2.01.